The molecule has 5 nitrogen and oxygen atoms in total. The Bertz CT molecular complexity index is 1020. The number of fused-ring (bicyclic) bond motifs is 1. The first-order valence-electron chi connectivity index (χ1n) is 9.96. The summed E-state index contributed by atoms with van der Waals surface area (Å²) in [6.45, 7) is 5.08. The molecule has 1 aliphatic heterocycles. The lowest BCUT2D eigenvalue weighted by molar-refractivity contribution is 0.0376. The SMILES string of the molecule is CSc1cccc(C(=O)N(CCCN2CCOCC2)c2nc3ccc(Br)cc3s2)c1. The summed E-state index contributed by atoms with van der Waals surface area (Å²) < 4.78 is 7.53. The van der Waals surface area contributed by atoms with Gasteiger partial charge in [0.05, 0.1) is 23.4 Å². The first-order chi connectivity index (χ1) is 14.6. The standard InChI is InChI=1S/C22H24BrN3O2S2/c1-29-18-5-2-4-16(14-18)21(27)26(9-3-8-25-10-12-28-13-11-25)22-24-19-7-6-17(23)15-20(19)30-22/h2,4-7,14-15H,3,8-13H2,1H3. The van der Waals surface area contributed by atoms with Gasteiger partial charge in [0.1, 0.15) is 0 Å². The number of hydrogen-bond acceptors (Lipinski definition) is 6. The Labute approximate surface area is 193 Å². The summed E-state index contributed by atoms with van der Waals surface area (Å²) in [5.41, 5.74) is 1.62. The Balaban J connectivity index is 1.58. The molecule has 1 aliphatic rings. The highest BCUT2D eigenvalue weighted by atomic mass is 79.9. The number of halogens is 1. The van der Waals surface area contributed by atoms with Crippen molar-refractivity contribution >= 4 is 60.3 Å². The molecular weight excluding hydrogens is 482 g/mol. The Hall–Kier alpha value is -1.45. The van der Waals surface area contributed by atoms with Gasteiger partial charge in [-0.05, 0) is 49.1 Å². The molecule has 0 unspecified atom stereocenters. The van der Waals surface area contributed by atoms with Crippen LogP contribution in [0.15, 0.2) is 51.8 Å². The van der Waals surface area contributed by atoms with Gasteiger partial charge >= 0.3 is 0 Å². The molecule has 1 aromatic heterocycles. The van der Waals surface area contributed by atoms with Gasteiger partial charge in [0.25, 0.3) is 5.91 Å². The molecule has 30 heavy (non-hydrogen) atoms. The summed E-state index contributed by atoms with van der Waals surface area (Å²) in [5.74, 6) is 0.00555. The molecule has 2 heterocycles. The van der Waals surface area contributed by atoms with E-state index in [2.05, 4.69) is 26.9 Å². The molecule has 0 saturated carbocycles. The first kappa shape index (κ1) is 21.8. The van der Waals surface area contributed by atoms with E-state index >= 15 is 0 Å². The van der Waals surface area contributed by atoms with E-state index in [1.54, 1.807) is 23.1 Å². The summed E-state index contributed by atoms with van der Waals surface area (Å²) in [4.78, 5) is 23.6. The van der Waals surface area contributed by atoms with Crippen molar-refractivity contribution in [3.63, 3.8) is 0 Å². The van der Waals surface area contributed by atoms with Gasteiger partial charge in [-0.1, -0.05) is 33.3 Å². The second-order valence-corrected chi connectivity index (χ2v) is 9.91. The van der Waals surface area contributed by atoms with Crippen LogP contribution in [0.1, 0.15) is 16.8 Å². The maximum absolute atomic E-state index is 13.5. The molecule has 0 bridgehead atoms. The number of amides is 1. The number of carbonyl (C=O) groups is 1. The van der Waals surface area contributed by atoms with E-state index in [0.717, 1.165) is 64.0 Å². The second-order valence-electron chi connectivity index (χ2n) is 7.10. The lowest BCUT2D eigenvalue weighted by Crippen LogP contribution is -2.39. The van der Waals surface area contributed by atoms with E-state index in [4.69, 9.17) is 9.72 Å². The monoisotopic (exact) mass is 505 g/mol. The number of anilines is 1. The van der Waals surface area contributed by atoms with E-state index in [1.165, 1.54) is 0 Å². The summed E-state index contributed by atoms with van der Waals surface area (Å²) in [5, 5.41) is 0.754. The van der Waals surface area contributed by atoms with Gasteiger partial charge in [0.2, 0.25) is 0 Å². The number of nitrogens with zero attached hydrogens (tertiary/aromatic N) is 3. The molecule has 158 valence electrons. The van der Waals surface area contributed by atoms with Crippen molar-refractivity contribution in [3.05, 3.63) is 52.5 Å². The fourth-order valence-corrected chi connectivity index (χ4v) is 5.48. The van der Waals surface area contributed by atoms with Crippen LogP contribution in [0.5, 0.6) is 0 Å². The lowest BCUT2D eigenvalue weighted by Gasteiger charge is -2.27. The van der Waals surface area contributed by atoms with Crippen molar-refractivity contribution in [2.45, 2.75) is 11.3 Å². The van der Waals surface area contributed by atoms with Crippen molar-refractivity contribution < 1.29 is 9.53 Å². The largest absolute Gasteiger partial charge is 0.379 e. The average molecular weight is 506 g/mol. The van der Waals surface area contributed by atoms with Gasteiger partial charge in [-0.2, -0.15) is 0 Å². The minimum absolute atomic E-state index is 0.00555. The summed E-state index contributed by atoms with van der Waals surface area (Å²) in [6.07, 6.45) is 2.92. The molecule has 4 rings (SSSR count). The third kappa shape index (κ3) is 5.23. The van der Waals surface area contributed by atoms with Crippen LogP contribution in [-0.4, -0.2) is 61.4 Å². The fraction of sp³-hybridized carbons (Fsp3) is 0.364. The molecule has 0 spiro atoms. The number of hydrogen-bond donors (Lipinski definition) is 0. The summed E-state index contributed by atoms with van der Waals surface area (Å²) in [6, 6.07) is 13.9. The van der Waals surface area contributed by atoms with Crippen LogP contribution in [0.2, 0.25) is 0 Å². The van der Waals surface area contributed by atoms with Crippen LogP contribution in [0.3, 0.4) is 0 Å². The van der Waals surface area contributed by atoms with Crippen LogP contribution in [0.4, 0.5) is 5.13 Å². The molecule has 8 heteroatoms. The van der Waals surface area contributed by atoms with Crippen molar-refractivity contribution in [2.24, 2.45) is 0 Å². The van der Waals surface area contributed by atoms with Crippen molar-refractivity contribution in [1.29, 1.82) is 0 Å². The zero-order valence-corrected chi connectivity index (χ0v) is 20.1. The number of morpholine rings is 1. The van der Waals surface area contributed by atoms with Crippen molar-refractivity contribution in [2.75, 3.05) is 50.5 Å². The van der Waals surface area contributed by atoms with Gasteiger partial charge < -0.3 is 4.74 Å². The van der Waals surface area contributed by atoms with Crippen LogP contribution < -0.4 is 4.90 Å². The first-order valence-corrected chi connectivity index (χ1v) is 12.8. The highest BCUT2D eigenvalue weighted by molar-refractivity contribution is 9.10. The van der Waals surface area contributed by atoms with E-state index in [1.807, 2.05) is 47.6 Å². The van der Waals surface area contributed by atoms with Crippen LogP contribution in [0.25, 0.3) is 10.2 Å². The number of carbonyl (C=O) groups excluding carboxylic acids is 1. The minimum atomic E-state index is 0.00555. The predicted octanol–water partition coefficient (Wildman–Crippen LogP) is 5.15. The Morgan fingerprint density at radius 2 is 2.10 bits per heavy atom. The number of aromatic nitrogens is 1. The number of ether oxygens (including phenoxy) is 1. The molecule has 0 atom stereocenters. The van der Waals surface area contributed by atoms with Gasteiger partial charge in [0, 0.05) is 41.1 Å². The molecule has 3 aromatic rings. The molecule has 0 radical (unpaired) electrons. The van der Waals surface area contributed by atoms with E-state index in [0.29, 0.717) is 12.1 Å². The third-order valence-electron chi connectivity index (χ3n) is 5.09. The number of benzene rings is 2. The molecule has 1 saturated heterocycles. The lowest BCUT2D eigenvalue weighted by atomic mass is 10.2. The van der Waals surface area contributed by atoms with Crippen LogP contribution in [-0.2, 0) is 4.74 Å². The molecule has 1 fully saturated rings. The zero-order chi connectivity index (χ0) is 20.9. The Morgan fingerprint density at radius 3 is 2.90 bits per heavy atom. The second kappa shape index (κ2) is 10.2. The van der Waals surface area contributed by atoms with E-state index in [-0.39, 0.29) is 5.91 Å². The molecule has 1 amide bonds. The highest BCUT2D eigenvalue weighted by Crippen LogP contribution is 2.32. The van der Waals surface area contributed by atoms with Crippen molar-refractivity contribution in [3.8, 4) is 0 Å². The topological polar surface area (TPSA) is 45.7 Å². The van der Waals surface area contributed by atoms with Gasteiger partial charge in [0.15, 0.2) is 5.13 Å². The normalized spacial score (nSPS) is 14.9. The molecular formula is C22H24BrN3O2S2. The van der Waals surface area contributed by atoms with Gasteiger partial charge in [-0.3, -0.25) is 14.6 Å². The number of thiazole rings is 1. The number of thioether (sulfide) groups is 1. The van der Waals surface area contributed by atoms with Gasteiger partial charge in [-0.25, -0.2) is 4.98 Å². The minimum Gasteiger partial charge on any atom is -0.379 e. The average Bonchev–Trinajstić information content (AvgIpc) is 3.19. The van der Waals surface area contributed by atoms with Gasteiger partial charge in [-0.15, -0.1) is 11.8 Å². The maximum atomic E-state index is 13.5. The fourth-order valence-electron chi connectivity index (χ4n) is 3.47. The van der Waals surface area contributed by atoms with Crippen LogP contribution in [0, 0.1) is 0 Å². The molecule has 0 aliphatic carbocycles. The smallest absolute Gasteiger partial charge is 0.260 e. The third-order valence-corrected chi connectivity index (χ3v) is 7.35. The van der Waals surface area contributed by atoms with E-state index in [9.17, 15) is 4.79 Å². The van der Waals surface area contributed by atoms with E-state index < -0.39 is 0 Å². The Morgan fingerprint density at radius 1 is 1.27 bits per heavy atom. The molecule has 2 aromatic carbocycles. The maximum Gasteiger partial charge on any atom is 0.260 e. The molecule has 0 N–H and O–H groups in total. The summed E-state index contributed by atoms with van der Waals surface area (Å²) >= 11 is 6.73. The Kier molecular flexibility index (Phi) is 7.43. The zero-order valence-electron chi connectivity index (χ0n) is 16.8. The van der Waals surface area contributed by atoms with Crippen LogP contribution >= 0.6 is 39.0 Å². The highest BCUT2D eigenvalue weighted by Gasteiger charge is 2.22. The summed E-state index contributed by atoms with van der Waals surface area (Å²) in [7, 11) is 0. The quantitative estimate of drug-likeness (QED) is 0.415. The number of rotatable bonds is 7. The predicted molar refractivity (Wildman–Crippen MR) is 129 cm³/mol. The van der Waals surface area contributed by atoms with Crippen molar-refractivity contribution in [1.82, 2.24) is 9.88 Å².